The third kappa shape index (κ3) is 3.22. The number of nitrogens with one attached hydrogen (secondary N) is 1. The van der Waals surface area contributed by atoms with Gasteiger partial charge in [-0.25, -0.2) is 4.39 Å². The molecule has 0 unspecified atom stereocenters. The van der Waals surface area contributed by atoms with E-state index in [0.29, 0.717) is 0 Å². The quantitative estimate of drug-likeness (QED) is 0.883. The van der Waals surface area contributed by atoms with Crippen LogP contribution in [0.5, 0.6) is 0 Å². The van der Waals surface area contributed by atoms with Crippen LogP contribution in [-0.2, 0) is 6.54 Å². The summed E-state index contributed by atoms with van der Waals surface area (Å²) in [5.74, 6) is 0.692. The lowest BCUT2D eigenvalue weighted by molar-refractivity contribution is 0.434. The maximum Gasteiger partial charge on any atom is 0.146 e. The highest BCUT2D eigenvalue weighted by Gasteiger charge is 2.18. The molecule has 0 aromatic heterocycles. The summed E-state index contributed by atoms with van der Waals surface area (Å²) in [6.45, 7) is 7.93. The van der Waals surface area contributed by atoms with Gasteiger partial charge in [0.25, 0.3) is 0 Å². The van der Waals surface area contributed by atoms with Crippen LogP contribution in [0.3, 0.4) is 0 Å². The molecule has 0 amide bonds. The summed E-state index contributed by atoms with van der Waals surface area (Å²) in [5.41, 5.74) is 1.78. The van der Waals surface area contributed by atoms with Crippen LogP contribution in [0.15, 0.2) is 18.2 Å². The first kappa shape index (κ1) is 13.3. The van der Waals surface area contributed by atoms with Crippen molar-refractivity contribution >= 4 is 5.69 Å². The van der Waals surface area contributed by atoms with Crippen molar-refractivity contribution < 1.29 is 4.39 Å². The van der Waals surface area contributed by atoms with Crippen LogP contribution < -0.4 is 10.2 Å². The van der Waals surface area contributed by atoms with Gasteiger partial charge in [-0.2, -0.15) is 0 Å². The lowest BCUT2D eigenvalue weighted by atomic mass is 9.98. The van der Waals surface area contributed by atoms with Gasteiger partial charge in [0.05, 0.1) is 5.69 Å². The molecule has 18 heavy (non-hydrogen) atoms. The Balaban J connectivity index is 2.05. The molecule has 2 nitrogen and oxygen atoms in total. The molecule has 0 spiro atoms. The number of halogens is 1. The Kier molecular flexibility index (Phi) is 4.59. The van der Waals surface area contributed by atoms with Crippen molar-refractivity contribution in [2.75, 3.05) is 24.5 Å². The van der Waals surface area contributed by atoms with Gasteiger partial charge in [0.1, 0.15) is 5.82 Å². The largest absolute Gasteiger partial charge is 0.369 e. The molecule has 1 fully saturated rings. The van der Waals surface area contributed by atoms with E-state index in [4.69, 9.17) is 0 Å². The fourth-order valence-corrected chi connectivity index (χ4v) is 2.44. The van der Waals surface area contributed by atoms with Gasteiger partial charge in [0.15, 0.2) is 0 Å². The molecule has 1 aromatic rings. The van der Waals surface area contributed by atoms with Crippen LogP contribution >= 0.6 is 0 Å². The van der Waals surface area contributed by atoms with Gasteiger partial charge in [0, 0.05) is 19.6 Å². The van der Waals surface area contributed by atoms with E-state index in [1.54, 1.807) is 6.07 Å². The maximum absolute atomic E-state index is 14.1. The van der Waals surface area contributed by atoms with E-state index in [1.165, 1.54) is 12.8 Å². The monoisotopic (exact) mass is 250 g/mol. The van der Waals surface area contributed by atoms with Gasteiger partial charge < -0.3 is 10.2 Å². The van der Waals surface area contributed by atoms with Crippen molar-refractivity contribution in [3.05, 3.63) is 29.6 Å². The third-order valence-electron chi connectivity index (χ3n) is 3.72. The highest BCUT2D eigenvalue weighted by molar-refractivity contribution is 5.49. The average molecular weight is 250 g/mol. The standard InChI is InChI=1S/C15H23FN2/c1-3-17-11-13-4-5-15(14(16)10-13)18-8-6-12(2)7-9-18/h4-5,10,12,17H,3,6-9,11H2,1-2H3. The third-order valence-corrected chi connectivity index (χ3v) is 3.72. The summed E-state index contributed by atoms with van der Waals surface area (Å²) in [7, 11) is 0. The van der Waals surface area contributed by atoms with Gasteiger partial charge in [-0.05, 0) is 43.0 Å². The van der Waals surface area contributed by atoms with Crippen molar-refractivity contribution in [3.63, 3.8) is 0 Å². The van der Waals surface area contributed by atoms with Crippen molar-refractivity contribution in [1.29, 1.82) is 0 Å². The summed E-state index contributed by atoms with van der Waals surface area (Å²) >= 11 is 0. The van der Waals surface area contributed by atoms with Gasteiger partial charge in [-0.3, -0.25) is 0 Å². The second-order valence-electron chi connectivity index (χ2n) is 5.24. The fraction of sp³-hybridized carbons (Fsp3) is 0.600. The van der Waals surface area contributed by atoms with Crippen LogP contribution in [0.25, 0.3) is 0 Å². The molecule has 1 heterocycles. The molecule has 0 radical (unpaired) electrons. The fourth-order valence-electron chi connectivity index (χ4n) is 2.44. The molecular weight excluding hydrogens is 227 g/mol. The van der Waals surface area contributed by atoms with Crippen LogP contribution in [0, 0.1) is 11.7 Å². The van der Waals surface area contributed by atoms with Gasteiger partial charge in [-0.1, -0.05) is 19.9 Å². The van der Waals surface area contributed by atoms with E-state index < -0.39 is 0 Å². The van der Waals surface area contributed by atoms with E-state index in [-0.39, 0.29) is 5.82 Å². The summed E-state index contributed by atoms with van der Waals surface area (Å²) in [4.78, 5) is 2.17. The van der Waals surface area contributed by atoms with E-state index in [0.717, 1.165) is 43.3 Å². The van der Waals surface area contributed by atoms with Crippen molar-refractivity contribution in [3.8, 4) is 0 Å². The number of hydrogen-bond acceptors (Lipinski definition) is 2. The minimum Gasteiger partial charge on any atom is -0.369 e. The Morgan fingerprint density at radius 3 is 2.67 bits per heavy atom. The number of piperidine rings is 1. The Morgan fingerprint density at radius 1 is 1.33 bits per heavy atom. The summed E-state index contributed by atoms with van der Waals surface area (Å²) < 4.78 is 14.1. The SMILES string of the molecule is CCNCc1ccc(N2CCC(C)CC2)c(F)c1. The molecule has 0 saturated carbocycles. The number of benzene rings is 1. The molecule has 1 N–H and O–H groups in total. The Bertz CT molecular complexity index is 384. The first-order valence-electron chi connectivity index (χ1n) is 6.94. The van der Waals surface area contributed by atoms with E-state index in [1.807, 2.05) is 12.1 Å². The van der Waals surface area contributed by atoms with Gasteiger partial charge in [-0.15, -0.1) is 0 Å². The first-order chi connectivity index (χ1) is 8.70. The molecule has 0 bridgehead atoms. The molecule has 1 aromatic carbocycles. The van der Waals surface area contributed by atoms with E-state index in [9.17, 15) is 4.39 Å². The topological polar surface area (TPSA) is 15.3 Å². The van der Waals surface area contributed by atoms with Crippen LogP contribution in [0.2, 0.25) is 0 Å². The molecule has 1 aliphatic heterocycles. The first-order valence-corrected chi connectivity index (χ1v) is 6.94. The molecule has 1 saturated heterocycles. The zero-order valence-corrected chi connectivity index (χ0v) is 11.4. The lowest BCUT2D eigenvalue weighted by Crippen LogP contribution is -2.33. The molecule has 0 atom stereocenters. The molecule has 0 aliphatic carbocycles. The molecule has 1 aliphatic rings. The van der Waals surface area contributed by atoms with Crippen LogP contribution in [0.4, 0.5) is 10.1 Å². The normalized spacial score (nSPS) is 17.2. The maximum atomic E-state index is 14.1. The minimum atomic E-state index is -0.0834. The summed E-state index contributed by atoms with van der Waals surface area (Å²) in [6.07, 6.45) is 2.33. The predicted molar refractivity (Wildman–Crippen MR) is 74.4 cm³/mol. The number of hydrogen-bond donors (Lipinski definition) is 1. The Morgan fingerprint density at radius 2 is 2.06 bits per heavy atom. The van der Waals surface area contributed by atoms with Crippen LogP contribution in [-0.4, -0.2) is 19.6 Å². The van der Waals surface area contributed by atoms with Crippen molar-refractivity contribution in [2.45, 2.75) is 33.2 Å². The number of rotatable bonds is 4. The van der Waals surface area contributed by atoms with Crippen molar-refractivity contribution in [1.82, 2.24) is 5.32 Å². The van der Waals surface area contributed by atoms with Gasteiger partial charge in [0.2, 0.25) is 0 Å². The van der Waals surface area contributed by atoms with Crippen LogP contribution in [0.1, 0.15) is 32.3 Å². The Hall–Kier alpha value is -1.09. The smallest absolute Gasteiger partial charge is 0.146 e. The van der Waals surface area contributed by atoms with Crippen molar-refractivity contribution in [2.24, 2.45) is 5.92 Å². The zero-order chi connectivity index (χ0) is 13.0. The average Bonchev–Trinajstić information content (AvgIpc) is 2.38. The predicted octanol–water partition coefficient (Wildman–Crippen LogP) is 3.17. The number of nitrogens with zero attached hydrogens (tertiary/aromatic N) is 1. The highest BCUT2D eigenvalue weighted by atomic mass is 19.1. The molecule has 3 heteroatoms. The minimum absolute atomic E-state index is 0.0834. The molecule has 2 rings (SSSR count). The lowest BCUT2D eigenvalue weighted by Gasteiger charge is -2.32. The second kappa shape index (κ2) is 6.19. The van der Waals surface area contributed by atoms with Gasteiger partial charge >= 0.3 is 0 Å². The highest BCUT2D eigenvalue weighted by Crippen LogP contribution is 2.26. The molecular formula is C15H23FN2. The number of anilines is 1. The van der Waals surface area contributed by atoms with E-state index >= 15 is 0 Å². The molecule has 100 valence electrons. The summed E-state index contributed by atoms with van der Waals surface area (Å²) in [6, 6.07) is 5.62. The summed E-state index contributed by atoms with van der Waals surface area (Å²) in [5, 5.41) is 3.22. The second-order valence-corrected chi connectivity index (χ2v) is 5.24. The Labute approximate surface area is 109 Å². The zero-order valence-electron chi connectivity index (χ0n) is 11.4. The van der Waals surface area contributed by atoms with E-state index in [2.05, 4.69) is 24.1 Å².